The molecule has 0 saturated carbocycles. The van der Waals surface area contributed by atoms with Gasteiger partial charge in [0.1, 0.15) is 11.5 Å². The van der Waals surface area contributed by atoms with Crippen molar-refractivity contribution in [1.29, 1.82) is 0 Å². The van der Waals surface area contributed by atoms with Crippen LogP contribution in [0.1, 0.15) is 174 Å². The predicted octanol–water partition coefficient (Wildman–Crippen LogP) is 13.8. The number of allylic oxidation sites excluding steroid dienone is 8. The Balaban J connectivity index is 2.07. The van der Waals surface area contributed by atoms with Crippen LogP contribution in [0.4, 0.5) is 0 Å². The standard InChI is InChI=1S/C44H75NO2/c1-4-6-8-10-12-14-16-18-20-22-24-26-28-30-32-34-36-46-43-38-42(41-45-3)39-44(40-43)47-37-35-33-31-29-27-25-23-21-19-17-15-13-11-9-7-5-2/h12-15,18-21,38-40,45H,4-11,16-17,22-37,41H2,1-3H3/b14-12-,15-13-,20-18-,21-19-. The first kappa shape index (κ1) is 42.8. The van der Waals surface area contributed by atoms with Gasteiger partial charge in [0.25, 0.3) is 0 Å². The minimum Gasteiger partial charge on any atom is -0.493 e. The summed E-state index contributed by atoms with van der Waals surface area (Å²) in [5, 5.41) is 3.26. The van der Waals surface area contributed by atoms with E-state index in [2.05, 4.69) is 86.0 Å². The summed E-state index contributed by atoms with van der Waals surface area (Å²) in [5.41, 5.74) is 1.22. The Hall–Kier alpha value is -2.26. The highest BCUT2D eigenvalue weighted by Gasteiger charge is 2.04. The van der Waals surface area contributed by atoms with Crippen LogP contribution in [0.3, 0.4) is 0 Å². The van der Waals surface area contributed by atoms with E-state index in [-0.39, 0.29) is 0 Å². The number of unbranched alkanes of at least 4 members (excludes halogenated alkanes) is 18. The molecule has 3 heteroatoms. The van der Waals surface area contributed by atoms with Crippen molar-refractivity contribution in [3.63, 3.8) is 0 Å². The topological polar surface area (TPSA) is 30.5 Å². The van der Waals surface area contributed by atoms with Gasteiger partial charge in [-0.25, -0.2) is 0 Å². The SMILES string of the molecule is CCCCC/C=C\C/C=C\CCCCCCCCOc1cc(CNC)cc(OCCCCCCCC/C=C\C/C=C\CCCCC)c1. The maximum Gasteiger partial charge on any atom is 0.123 e. The molecular weight excluding hydrogens is 574 g/mol. The highest BCUT2D eigenvalue weighted by molar-refractivity contribution is 5.38. The van der Waals surface area contributed by atoms with Gasteiger partial charge in [0, 0.05) is 12.6 Å². The van der Waals surface area contributed by atoms with Crippen molar-refractivity contribution in [3.8, 4) is 11.5 Å². The van der Waals surface area contributed by atoms with Crippen LogP contribution in [0.2, 0.25) is 0 Å². The summed E-state index contributed by atoms with van der Waals surface area (Å²) in [6, 6.07) is 6.38. The van der Waals surface area contributed by atoms with Gasteiger partial charge in [0.05, 0.1) is 13.2 Å². The number of ether oxygens (including phenoxy) is 2. The summed E-state index contributed by atoms with van der Waals surface area (Å²) < 4.78 is 12.3. The van der Waals surface area contributed by atoms with Crippen LogP contribution < -0.4 is 14.8 Å². The molecule has 0 aliphatic rings. The fraction of sp³-hybridized carbons (Fsp3) is 0.682. The van der Waals surface area contributed by atoms with E-state index in [0.29, 0.717) is 0 Å². The molecule has 0 fully saturated rings. The van der Waals surface area contributed by atoms with Gasteiger partial charge < -0.3 is 14.8 Å². The Bertz CT molecular complexity index is 847. The maximum atomic E-state index is 6.16. The van der Waals surface area contributed by atoms with Gasteiger partial charge in [-0.1, -0.05) is 140 Å². The smallest absolute Gasteiger partial charge is 0.123 e. The average Bonchev–Trinajstić information content (AvgIpc) is 3.07. The molecule has 0 atom stereocenters. The highest BCUT2D eigenvalue weighted by Crippen LogP contribution is 2.24. The van der Waals surface area contributed by atoms with Gasteiger partial charge in [-0.15, -0.1) is 0 Å². The van der Waals surface area contributed by atoms with E-state index < -0.39 is 0 Å². The van der Waals surface area contributed by atoms with Crippen molar-refractivity contribution in [2.75, 3.05) is 20.3 Å². The second-order valence-corrected chi connectivity index (χ2v) is 13.2. The molecule has 0 amide bonds. The predicted molar refractivity (Wildman–Crippen MR) is 209 cm³/mol. The first-order valence-electron chi connectivity index (χ1n) is 19.9. The highest BCUT2D eigenvalue weighted by atomic mass is 16.5. The van der Waals surface area contributed by atoms with E-state index in [9.17, 15) is 0 Å². The van der Waals surface area contributed by atoms with Gasteiger partial charge >= 0.3 is 0 Å². The van der Waals surface area contributed by atoms with Crippen LogP contribution in [0.5, 0.6) is 11.5 Å². The Labute approximate surface area is 292 Å². The second-order valence-electron chi connectivity index (χ2n) is 13.2. The Kier molecular flexibility index (Phi) is 31.9. The molecule has 0 unspecified atom stereocenters. The average molecular weight is 650 g/mol. The molecule has 47 heavy (non-hydrogen) atoms. The molecule has 0 heterocycles. The Morgan fingerprint density at radius 1 is 0.447 bits per heavy atom. The van der Waals surface area contributed by atoms with Crippen LogP contribution in [-0.4, -0.2) is 20.3 Å². The van der Waals surface area contributed by atoms with Crippen LogP contribution in [-0.2, 0) is 6.54 Å². The minimum atomic E-state index is 0.781. The molecule has 0 aromatic heterocycles. The zero-order valence-electron chi connectivity index (χ0n) is 31.3. The quantitative estimate of drug-likeness (QED) is 0.0595. The zero-order valence-corrected chi connectivity index (χ0v) is 31.3. The fourth-order valence-electron chi connectivity index (χ4n) is 5.66. The molecule has 1 rings (SSSR count). The molecular formula is C44H75NO2. The summed E-state index contributed by atoms with van der Waals surface area (Å²) in [6.45, 7) is 6.91. The van der Waals surface area contributed by atoms with Gasteiger partial charge in [0.15, 0.2) is 0 Å². The molecule has 0 saturated heterocycles. The van der Waals surface area contributed by atoms with Crippen LogP contribution in [0, 0.1) is 0 Å². The third kappa shape index (κ3) is 29.6. The van der Waals surface area contributed by atoms with E-state index in [0.717, 1.165) is 56.9 Å². The van der Waals surface area contributed by atoms with Crippen LogP contribution in [0.25, 0.3) is 0 Å². The third-order valence-electron chi connectivity index (χ3n) is 8.55. The lowest BCUT2D eigenvalue weighted by atomic mass is 10.1. The lowest BCUT2D eigenvalue weighted by Gasteiger charge is -2.12. The normalized spacial score (nSPS) is 12.1. The Morgan fingerprint density at radius 2 is 0.809 bits per heavy atom. The maximum absolute atomic E-state index is 6.16. The zero-order chi connectivity index (χ0) is 33.7. The van der Waals surface area contributed by atoms with Crippen molar-refractivity contribution in [2.24, 2.45) is 0 Å². The Morgan fingerprint density at radius 3 is 1.19 bits per heavy atom. The number of nitrogens with one attached hydrogen (secondary N) is 1. The molecule has 0 aliphatic heterocycles. The molecule has 1 N–H and O–H groups in total. The summed E-state index contributed by atoms with van der Waals surface area (Å²) in [4.78, 5) is 0. The second kappa shape index (κ2) is 35.1. The minimum absolute atomic E-state index is 0.781. The van der Waals surface area contributed by atoms with Gasteiger partial charge in [-0.3, -0.25) is 0 Å². The fourth-order valence-corrected chi connectivity index (χ4v) is 5.66. The van der Waals surface area contributed by atoms with Crippen LogP contribution >= 0.6 is 0 Å². The number of hydrogen-bond donors (Lipinski definition) is 1. The molecule has 268 valence electrons. The van der Waals surface area contributed by atoms with Crippen LogP contribution in [0.15, 0.2) is 66.8 Å². The molecule has 3 nitrogen and oxygen atoms in total. The first-order chi connectivity index (χ1) is 23.3. The number of rotatable bonds is 34. The van der Waals surface area contributed by atoms with E-state index in [1.54, 1.807) is 0 Å². The van der Waals surface area contributed by atoms with Crippen molar-refractivity contribution in [3.05, 3.63) is 72.4 Å². The van der Waals surface area contributed by atoms with Gasteiger partial charge in [-0.2, -0.15) is 0 Å². The lowest BCUT2D eigenvalue weighted by molar-refractivity contribution is 0.289. The molecule has 1 aromatic rings. The monoisotopic (exact) mass is 650 g/mol. The molecule has 0 spiro atoms. The first-order valence-corrected chi connectivity index (χ1v) is 19.9. The molecule has 1 aromatic carbocycles. The largest absolute Gasteiger partial charge is 0.493 e. The molecule has 0 aliphatic carbocycles. The van der Waals surface area contributed by atoms with Gasteiger partial charge in [-0.05, 0) is 102 Å². The van der Waals surface area contributed by atoms with Crippen molar-refractivity contribution >= 4 is 0 Å². The van der Waals surface area contributed by atoms with Crippen molar-refractivity contribution in [1.82, 2.24) is 5.32 Å². The van der Waals surface area contributed by atoms with Crippen molar-refractivity contribution < 1.29 is 9.47 Å². The van der Waals surface area contributed by atoms with E-state index in [1.165, 1.54) is 134 Å². The van der Waals surface area contributed by atoms with E-state index in [4.69, 9.17) is 9.47 Å². The number of hydrogen-bond acceptors (Lipinski definition) is 3. The summed E-state index contributed by atoms with van der Waals surface area (Å²) in [5.74, 6) is 1.87. The molecule has 0 bridgehead atoms. The third-order valence-corrected chi connectivity index (χ3v) is 8.55. The summed E-state index contributed by atoms with van der Waals surface area (Å²) >= 11 is 0. The van der Waals surface area contributed by atoms with Gasteiger partial charge in [0.2, 0.25) is 0 Å². The van der Waals surface area contributed by atoms with Crippen molar-refractivity contribution in [2.45, 2.75) is 174 Å². The van der Waals surface area contributed by atoms with E-state index >= 15 is 0 Å². The van der Waals surface area contributed by atoms with E-state index in [1.807, 2.05) is 7.05 Å². The lowest BCUT2D eigenvalue weighted by Crippen LogP contribution is -2.07. The molecule has 0 radical (unpaired) electrons. The number of benzene rings is 1. The summed E-state index contributed by atoms with van der Waals surface area (Å²) in [6.07, 6.45) is 49.0. The summed E-state index contributed by atoms with van der Waals surface area (Å²) in [7, 11) is 1.99.